The van der Waals surface area contributed by atoms with E-state index in [0.717, 1.165) is 72.9 Å². The Morgan fingerprint density at radius 1 is 1.24 bits per heavy atom. The molecule has 2 aromatic rings. The van der Waals surface area contributed by atoms with Gasteiger partial charge in [-0.3, -0.25) is 4.79 Å². The van der Waals surface area contributed by atoms with Crippen LogP contribution in [0.3, 0.4) is 0 Å². The van der Waals surface area contributed by atoms with Crippen LogP contribution in [0.2, 0.25) is 0 Å². The molecule has 29 heavy (non-hydrogen) atoms. The summed E-state index contributed by atoms with van der Waals surface area (Å²) in [5.41, 5.74) is 4.29. The third-order valence-corrected chi connectivity index (χ3v) is 6.20. The van der Waals surface area contributed by atoms with Crippen LogP contribution in [0.1, 0.15) is 47.0 Å². The minimum absolute atomic E-state index is 0.152. The standard InChI is InChI=1S/C23H30N4O2/c1-16-12-17(4-5-21(16)29-3)13-22(28)27-11-8-20-19(15-27)14-24-23(25-20)18-6-9-26(2)10-7-18/h4-5,12,14,18H,6-11,13,15H2,1-3H3. The summed E-state index contributed by atoms with van der Waals surface area (Å²) in [5.74, 6) is 2.46. The molecule has 154 valence electrons. The zero-order valence-electron chi connectivity index (χ0n) is 17.6. The highest BCUT2D eigenvalue weighted by Crippen LogP contribution is 2.27. The molecule has 1 fully saturated rings. The first-order chi connectivity index (χ1) is 14.0. The number of ether oxygens (including phenoxy) is 1. The lowest BCUT2D eigenvalue weighted by molar-refractivity contribution is -0.131. The van der Waals surface area contributed by atoms with Crippen molar-refractivity contribution in [2.45, 2.75) is 45.1 Å². The van der Waals surface area contributed by atoms with Crippen LogP contribution < -0.4 is 4.74 Å². The fourth-order valence-corrected chi connectivity index (χ4v) is 4.34. The quantitative estimate of drug-likeness (QED) is 0.798. The normalized spacial score (nSPS) is 17.8. The number of hydrogen-bond donors (Lipinski definition) is 0. The number of benzene rings is 1. The Labute approximate surface area is 172 Å². The van der Waals surface area contributed by atoms with Crippen LogP contribution in [0.4, 0.5) is 0 Å². The average Bonchev–Trinajstić information content (AvgIpc) is 2.73. The summed E-state index contributed by atoms with van der Waals surface area (Å²) in [6.07, 6.45) is 5.43. The first kappa shape index (κ1) is 19.8. The van der Waals surface area contributed by atoms with E-state index in [1.807, 2.05) is 36.2 Å². The Morgan fingerprint density at radius 2 is 2.03 bits per heavy atom. The van der Waals surface area contributed by atoms with E-state index < -0.39 is 0 Å². The number of carbonyl (C=O) groups is 1. The topological polar surface area (TPSA) is 58.6 Å². The van der Waals surface area contributed by atoms with Crippen molar-refractivity contribution < 1.29 is 9.53 Å². The van der Waals surface area contributed by atoms with Crippen LogP contribution in [-0.2, 0) is 24.2 Å². The molecule has 1 amide bonds. The Morgan fingerprint density at radius 3 is 2.76 bits per heavy atom. The second-order valence-corrected chi connectivity index (χ2v) is 8.32. The number of likely N-dealkylation sites (tertiary alicyclic amines) is 1. The molecule has 0 bridgehead atoms. The first-order valence-electron chi connectivity index (χ1n) is 10.5. The lowest BCUT2D eigenvalue weighted by Crippen LogP contribution is -2.37. The van der Waals surface area contributed by atoms with Gasteiger partial charge in [0.2, 0.25) is 5.91 Å². The number of aromatic nitrogens is 2. The smallest absolute Gasteiger partial charge is 0.227 e. The van der Waals surface area contributed by atoms with Gasteiger partial charge in [-0.1, -0.05) is 12.1 Å². The van der Waals surface area contributed by atoms with Gasteiger partial charge < -0.3 is 14.5 Å². The van der Waals surface area contributed by atoms with Crippen LogP contribution in [0, 0.1) is 6.92 Å². The second kappa shape index (κ2) is 8.49. The highest BCUT2D eigenvalue weighted by atomic mass is 16.5. The number of amides is 1. The summed E-state index contributed by atoms with van der Waals surface area (Å²) in [5, 5.41) is 0. The summed E-state index contributed by atoms with van der Waals surface area (Å²) < 4.78 is 5.31. The Hall–Kier alpha value is -2.47. The molecule has 0 N–H and O–H groups in total. The van der Waals surface area contributed by atoms with Crippen molar-refractivity contribution in [3.63, 3.8) is 0 Å². The molecule has 4 rings (SSSR count). The van der Waals surface area contributed by atoms with Gasteiger partial charge in [-0.05, 0) is 57.1 Å². The summed E-state index contributed by atoms with van der Waals surface area (Å²) in [7, 11) is 3.83. The fraction of sp³-hybridized carbons (Fsp3) is 0.522. The fourth-order valence-electron chi connectivity index (χ4n) is 4.34. The number of rotatable bonds is 4. The number of aryl methyl sites for hydroxylation is 1. The summed E-state index contributed by atoms with van der Waals surface area (Å²) in [4.78, 5) is 26.7. The van der Waals surface area contributed by atoms with Crippen LogP contribution in [0.15, 0.2) is 24.4 Å². The number of hydrogen-bond acceptors (Lipinski definition) is 5. The third kappa shape index (κ3) is 4.42. The molecule has 0 spiro atoms. The van der Waals surface area contributed by atoms with Gasteiger partial charge in [-0.15, -0.1) is 0 Å². The van der Waals surface area contributed by atoms with E-state index in [1.54, 1.807) is 7.11 Å². The van der Waals surface area contributed by atoms with Crippen molar-refractivity contribution in [3.8, 4) is 5.75 Å². The summed E-state index contributed by atoms with van der Waals surface area (Å²) >= 11 is 0. The molecular weight excluding hydrogens is 364 g/mol. The molecule has 3 heterocycles. The Bertz CT molecular complexity index is 890. The van der Waals surface area contributed by atoms with Crippen LogP contribution in [0.5, 0.6) is 5.75 Å². The largest absolute Gasteiger partial charge is 0.496 e. The zero-order valence-corrected chi connectivity index (χ0v) is 17.6. The van der Waals surface area contributed by atoms with Gasteiger partial charge in [0.05, 0.1) is 19.2 Å². The molecule has 0 unspecified atom stereocenters. The van der Waals surface area contributed by atoms with Crippen LogP contribution >= 0.6 is 0 Å². The van der Waals surface area contributed by atoms with E-state index in [0.29, 0.717) is 18.9 Å². The molecule has 0 atom stereocenters. The SMILES string of the molecule is COc1ccc(CC(=O)N2CCc3nc(C4CCN(C)CC4)ncc3C2)cc1C. The molecule has 1 aromatic carbocycles. The van der Waals surface area contributed by atoms with Crippen LogP contribution in [0.25, 0.3) is 0 Å². The monoisotopic (exact) mass is 394 g/mol. The highest BCUT2D eigenvalue weighted by molar-refractivity contribution is 5.79. The molecule has 1 aromatic heterocycles. The maximum atomic E-state index is 12.8. The van der Waals surface area contributed by atoms with E-state index in [4.69, 9.17) is 9.72 Å². The molecule has 6 nitrogen and oxygen atoms in total. The van der Waals surface area contributed by atoms with Gasteiger partial charge in [0.1, 0.15) is 11.6 Å². The molecule has 1 saturated heterocycles. The molecule has 0 aliphatic carbocycles. The minimum atomic E-state index is 0.152. The van der Waals surface area contributed by atoms with E-state index >= 15 is 0 Å². The number of fused-ring (bicyclic) bond motifs is 1. The van der Waals surface area contributed by atoms with Crippen molar-refractivity contribution in [1.29, 1.82) is 0 Å². The molecular formula is C23H30N4O2. The van der Waals surface area contributed by atoms with E-state index in [2.05, 4.69) is 16.9 Å². The van der Waals surface area contributed by atoms with Gasteiger partial charge in [0.25, 0.3) is 0 Å². The number of piperidine rings is 1. The van der Waals surface area contributed by atoms with E-state index in [1.165, 1.54) is 0 Å². The van der Waals surface area contributed by atoms with Crippen LogP contribution in [-0.4, -0.2) is 59.5 Å². The van der Waals surface area contributed by atoms with Crippen molar-refractivity contribution in [1.82, 2.24) is 19.8 Å². The van der Waals surface area contributed by atoms with E-state index in [9.17, 15) is 4.79 Å². The lowest BCUT2D eigenvalue weighted by atomic mass is 9.95. The van der Waals surface area contributed by atoms with Gasteiger partial charge in [-0.25, -0.2) is 9.97 Å². The summed E-state index contributed by atoms with van der Waals surface area (Å²) in [6, 6.07) is 5.94. The van der Waals surface area contributed by atoms with Gasteiger partial charge in [0.15, 0.2) is 0 Å². The third-order valence-electron chi connectivity index (χ3n) is 6.20. The molecule has 0 saturated carbocycles. The Kier molecular flexibility index (Phi) is 5.81. The second-order valence-electron chi connectivity index (χ2n) is 8.32. The molecule has 2 aliphatic rings. The van der Waals surface area contributed by atoms with Crippen molar-refractivity contribution in [2.24, 2.45) is 0 Å². The van der Waals surface area contributed by atoms with Crippen molar-refractivity contribution >= 4 is 5.91 Å². The summed E-state index contributed by atoms with van der Waals surface area (Å²) in [6.45, 7) is 5.56. The van der Waals surface area contributed by atoms with E-state index in [-0.39, 0.29) is 5.91 Å². The minimum Gasteiger partial charge on any atom is -0.496 e. The number of methoxy groups -OCH3 is 1. The average molecular weight is 395 g/mol. The number of carbonyl (C=O) groups excluding carboxylic acids is 1. The Balaban J connectivity index is 1.40. The van der Waals surface area contributed by atoms with Gasteiger partial charge in [0, 0.05) is 37.2 Å². The zero-order chi connectivity index (χ0) is 20.4. The first-order valence-corrected chi connectivity index (χ1v) is 10.5. The molecule has 0 radical (unpaired) electrons. The maximum Gasteiger partial charge on any atom is 0.227 e. The van der Waals surface area contributed by atoms with Crippen molar-refractivity contribution in [3.05, 3.63) is 52.6 Å². The predicted molar refractivity (Wildman–Crippen MR) is 112 cm³/mol. The van der Waals surface area contributed by atoms with Crippen molar-refractivity contribution in [2.75, 3.05) is 33.8 Å². The molecule has 6 heteroatoms. The lowest BCUT2D eigenvalue weighted by Gasteiger charge is -2.30. The highest BCUT2D eigenvalue weighted by Gasteiger charge is 2.25. The predicted octanol–water partition coefficient (Wildman–Crippen LogP) is 2.73. The van der Waals surface area contributed by atoms with Gasteiger partial charge in [-0.2, -0.15) is 0 Å². The number of nitrogens with zero attached hydrogens (tertiary/aromatic N) is 4. The van der Waals surface area contributed by atoms with Gasteiger partial charge >= 0.3 is 0 Å². The maximum absolute atomic E-state index is 12.8. The molecule has 2 aliphatic heterocycles.